The largest absolute Gasteiger partial charge is 0.391 e. The van der Waals surface area contributed by atoms with Crippen LogP contribution >= 0.6 is 0 Å². The van der Waals surface area contributed by atoms with Gasteiger partial charge in [-0.25, -0.2) is 0 Å². The molecule has 1 aromatic carbocycles. The summed E-state index contributed by atoms with van der Waals surface area (Å²) < 4.78 is 0. The van der Waals surface area contributed by atoms with Gasteiger partial charge in [0.2, 0.25) is 0 Å². The molecule has 0 aliphatic rings. The predicted molar refractivity (Wildman–Crippen MR) is 86.8 cm³/mol. The van der Waals surface area contributed by atoms with Crippen molar-refractivity contribution >= 4 is 0 Å². The number of pyridine rings is 1. The van der Waals surface area contributed by atoms with Crippen LogP contribution in [0.5, 0.6) is 0 Å². The second-order valence-corrected chi connectivity index (χ2v) is 6.45. The van der Waals surface area contributed by atoms with Gasteiger partial charge in [-0.2, -0.15) is 0 Å². The Labute approximate surface area is 127 Å². The zero-order valence-corrected chi connectivity index (χ0v) is 13.0. The fourth-order valence-corrected chi connectivity index (χ4v) is 2.06. The highest BCUT2D eigenvalue weighted by Crippen LogP contribution is 2.20. The van der Waals surface area contributed by atoms with Crippen molar-refractivity contribution in [1.82, 2.24) is 10.3 Å². The van der Waals surface area contributed by atoms with E-state index in [-0.39, 0.29) is 11.5 Å². The van der Waals surface area contributed by atoms with Crippen LogP contribution in [0, 0.1) is 5.41 Å². The van der Waals surface area contributed by atoms with E-state index >= 15 is 0 Å². The van der Waals surface area contributed by atoms with Crippen molar-refractivity contribution in [1.29, 1.82) is 0 Å². The van der Waals surface area contributed by atoms with Crippen molar-refractivity contribution in [3.8, 4) is 11.1 Å². The molecule has 1 unspecified atom stereocenters. The Balaban J connectivity index is 1.96. The summed E-state index contributed by atoms with van der Waals surface area (Å²) >= 11 is 0. The van der Waals surface area contributed by atoms with Gasteiger partial charge in [0.1, 0.15) is 0 Å². The molecule has 1 heterocycles. The molecule has 1 atom stereocenters. The second-order valence-electron chi connectivity index (χ2n) is 6.45. The minimum absolute atomic E-state index is 0.0914. The monoisotopic (exact) mass is 284 g/mol. The maximum Gasteiger partial charge on any atom is 0.0712 e. The minimum atomic E-state index is -0.346. The first-order valence-corrected chi connectivity index (χ1v) is 7.35. The lowest BCUT2D eigenvalue weighted by atomic mass is 9.89. The highest BCUT2D eigenvalue weighted by atomic mass is 16.3. The van der Waals surface area contributed by atoms with Crippen LogP contribution in [-0.2, 0) is 6.54 Å². The molecular weight excluding hydrogens is 260 g/mol. The van der Waals surface area contributed by atoms with E-state index in [1.54, 1.807) is 12.4 Å². The third-order valence-corrected chi connectivity index (χ3v) is 3.61. The molecule has 2 rings (SSSR count). The number of nitrogens with zero attached hydrogens (tertiary/aromatic N) is 1. The third-order valence-electron chi connectivity index (χ3n) is 3.61. The predicted octanol–water partition coefficient (Wildman–Crippen LogP) is 3.25. The van der Waals surface area contributed by atoms with Crippen molar-refractivity contribution in [3.05, 3.63) is 54.4 Å². The number of aromatic nitrogens is 1. The van der Waals surface area contributed by atoms with Crippen LogP contribution in [0.25, 0.3) is 11.1 Å². The van der Waals surface area contributed by atoms with E-state index in [1.807, 2.05) is 32.9 Å². The zero-order chi connectivity index (χ0) is 15.3. The molecule has 0 saturated heterocycles. The maximum absolute atomic E-state index is 10.0. The van der Waals surface area contributed by atoms with Crippen LogP contribution in [0.2, 0.25) is 0 Å². The van der Waals surface area contributed by atoms with Crippen molar-refractivity contribution in [2.75, 3.05) is 6.54 Å². The first kappa shape index (κ1) is 15.7. The van der Waals surface area contributed by atoms with E-state index in [0.29, 0.717) is 6.54 Å². The topological polar surface area (TPSA) is 45.1 Å². The summed E-state index contributed by atoms with van der Waals surface area (Å²) in [5.74, 6) is 0. The molecule has 0 aliphatic carbocycles. The summed E-state index contributed by atoms with van der Waals surface area (Å²) in [7, 11) is 0. The van der Waals surface area contributed by atoms with E-state index in [0.717, 1.165) is 6.54 Å². The maximum atomic E-state index is 10.0. The fourth-order valence-electron chi connectivity index (χ4n) is 2.06. The van der Waals surface area contributed by atoms with E-state index in [1.165, 1.54) is 16.7 Å². The Bertz CT molecular complexity index is 561. The number of aliphatic hydroxyl groups excluding tert-OH is 1. The molecule has 1 aromatic heterocycles. The summed E-state index contributed by atoms with van der Waals surface area (Å²) in [6.45, 7) is 7.49. The van der Waals surface area contributed by atoms with Crippen LogP contribution in [-0.4, -0.2) is 22.7 Å². The van der Waals surface area contributed by atoms with Gasteiger partial charge in [-0.15, -0.1) is 0 Å². The molecular formula is C18H24N2O. The molecule has 0 spiro atoms. The van der Waals surface area contributed by atoms with Gasteiger partial charge in [0.05, 0.1) is 6.10 Å². The van der Waals surface area contributed by atoms with Gasteiger partial charge in [-0.1, -0.05) is 39.0 Å². The van der Waals surface area contributed by atoms with Crippen LogP contribution in [0.3, 0.4) is 0 Å². The number of hydrogen-bond donors (Lipinski definition) is 2. The molecule has 0 bridgehead atoms. The van der Waals surface area contributed by atoms with Crippen LogP contribution in [0.15, 0.2) is 48.8 Å². The van der Waals surface area contributed by atoms with Crippen molar-refractivity contribution in [2.45, 2.75) is 33.4 Å². The van der Waals surface area contributed by atoms with Crippen molar-refractivity contribution in [2.24, 2.45) is 5.41 Å². The van der Waals surface area contributed by atoms with Crippen LogP contribution < -0.4 is 5.32 Å². The number of rotatable bonds is 5. The standard InChI is InChI=1S/C18H24N2O/c1-18(2,3)17(21)13-20-12-14-5-4-6-16(11-14)15-7-9-19-10-8-15/h4-11,17,20-21H,12-13H2,1-3H3. The lowest BCUT2D eigenvalue weighted by Crippen LogP contribution is -2.36. The molecule has 0 amide bonds. The van der Waals surface area contributed by atoms with E-state index in [9.17, 15) is 5.11 Å². The van der Waals surface area contributed by atoms with Crippen molar-refractivity contribution < 1.29 is 5.11 Å². The summed E-state index contributed by atoms with van der Waals surface area (Å²) in [4.78, 5) is 4.05. The van der Waals surface area contributed by atoms with Gasteiger partial charge in [-0.3, -0.25) is 4.98 Å². The lowest BCUT2D eigenvalue weighted by Gasteiger charge is -2.26. The Morgan fingerprint density at radius 1 is 1.10 bits per heavy atom. The molecule has 2 N–H and O–H groups in total. The molecule has 112 valence electrons. The van der Waals surface area contributed by atoms with Gasteiger partial charge in [0, 0.05) is 25.5 Å². The van der Waals surface area contributed by atoms with Gasteiger partial charge >= 0.3 is 0 Å². The fraction of sp³-hybridized carbons (Fsp3) is 0.389. The summed E-state index contributed by atoms with van der Waals surface area (Å²) in [5, 5.41) is 13.4. The molecule has 0 saturated carbocycles. The average Bonchev–Trinajstić information content (AvgIpc) is 2.47. The summed E-state index contributed by atoms with van der Waals surface area (Å²) in [5.41, 5.74) is 3.48. The number of hydrogen-bond acceptors (Lipinski definition) is 3. The lowest BCUT2D eigenvalue weighted by molar-refractivity contribution is 0.0628. The molecule has 2 aromatic rings. The smallest absolute Gasteiger partial charge is 0.0712 e. The van der Waals surface area contributed by atoms with E-state index < -0.39 is 0 Å². The normalized spacial score (nSPS) is 13.1. The molecule has 3 nitrogen and oxygen atoms in total. The SMILES string of the molecule is CC(C)(C)C(O)CNCc1cccc(-c2ccncc2)c1. The highest BCUT2D eigenvalue weighted by molar-refractivity contribution is 5.63. The van der Waals surface area contributed by atoms with Gasteiger partial charge in [-0.05, 0) is 40.3 Å². The van der Waals surface area contributed by atoms with Crippen LogP contribution in [0.1, 0.15) is 26.3 Å². The molecule has 0 fully saturated rings. The van der Waals surface area contributed by atoms with Crippen molar-refractivity contribution in [3.63, 3.8) is 0 Å². The Morgan fingerprint density at radius 2 is 1.81 bits per heavy atom. The molecule has 21 heavy (non-hydrogen) atoms. The quantitative estimate of drug-likeness (QED) is 0.886. The van der Waals surface area contributed by atoms with E-state index in [4.69, 9.17) is 0 Å². The average molecular weight is 284 g/mol. The van der Waals surface area contributed by atoms with E-state index in [2.05, 4.69) is 34.6 Å². The van der Waals surface area contributed by atoms with Crippen LogP contribution in [0.4, 0.5) is 0 Å². The van der Waals surface area contributed by atoms with Gasteiger partial charge in [0.25, 0.3) is 0 Å². The number of benzene rings is 1. The Hall–Kier alpha value is -1.71. The minimum Gasteiger partial charge on any atom is -0.391 e. The molecule has 3 heteroatoms. The number of nitrogens with one attached hydrogen (secondary N) is 1. The molecule has 0 aliphatic heterocycles. The first-order chi connectivity index (χ1) is 9.97. The third kappa shape index (κ3) is 4.66. The number of aliphatic hydroxyl groups is 1. The molecule has 0 radical (unpaired) electrons. The Morgan fingerprint density at radius 3 is 2.48 bits per heavy atom. The summed E-state index contributed by atoms with van der Waals surface area (Å²) in [6.07, 6.45) is 3.26. The van der Waals surface area contributed by atoms with Gasteiger partial charge < -0.3 is 10.4 Å². The Kier molecular flexibility index (Phi) is 5.10. The first-order valence-electron chi connectivity index (χ1n) is 7.35. The zero-order valence-electron chi connectivity index (χ0n) is 13.0. The second kappa shape index (κ2) is 6.83. The highest BCUT2D eigenvalue weighted by Gasteiger charge is 2.21. The van der Waals surface area contributed by atoms with Gasteiger partial charge in [0.15, 0.2) is 0 Å². The summed E-state index contributed by atoms with van der Waals surface area (Å²) in [6, 6.07) is 12.5.